The van der Waals surface area contributed by atoms with Crippen LogP contribution in [0.15, 0.2) is 0 Å². The molecule has 0 aromatic heterocycles. The number of esters is 1. The lowest BCUT2D eigenvalue weighted by Crippen LogP contribution is -3.12. The molecule has 2 bridgehead atoms. The van der Waals surface area contributed by atoms with Gasteiger partial charge in [-0.2, -0.15) is 0 Å². The number of rotatable bonds is 5. The lowest BCUT2D eigenvalue weighted by Gasteiger charge is -2.38. The molecule has 1 N–H and O–H groups in total. The van der Waals surface area contributed by atoms with Crippen molar-refractivity contribution >= 4 is 5.97 Å². The molecule has 0 aliphatic heterocycles. The fraction of sp³-hybridized carbons (Fsp3) is 0.938. The first kappa shape index (κ1) is 14.8. The van der Waals surface area contributed by atoms with Crippen LogP contribution in [0.3, 0.4) is 0 Å². The van der Waals surface area contributed by atoms with E-state index in [0.717, 1.165) is 25.4 Å². The Morgan fingerprint density at radius 1 is 1.26 bits per heavy atom. The predicted octanol–water partition coefficient (Wildman–Crippen LogP) is 1.67. The zero-order chi connectivity index (χ0) is 14.3. The van der Waals surface area contributed by atoms with E-state index in [1.54, 1.807) is 0 Å². The SMILES string of the molecule is CC[NH+](CC)CC(=O)O[C@@H]1C[C@H]2CC[C@@]1(C)C2(C)C. The molecule has 2 saturated carbocycles. The molecule has 0 spiro atoms. The van der Waals surface area contributed by atoms with E-state index in [0.29, 0.717) is 12.0 Å². The van der Waals surface area contributed by atoms with Crippen molar-refractivity contribution < 1.29 is 14.4 Å². The zero-order valence-electron chi connectivity index (χ0n) is 13.2. The second-order valence-electron chi connectivity index (χ2n) is 7.22. The Morgan fingerprint density at radius 3 is 2.32 bits per heavy atom. The molecule has 0 heterocycles. The van der Waals surface area contributed by atoms with Gasteiger partial charge in [0, 0.05) is 5.41 Å². The lowest BCUT2D eigenvalue weighted by atomic mass is 9.70. The zero-order valence-corrected chi connectivity index (χ0v) is 13.2. The van der Waals surface area contributed by atoms with Crippen LogP contribution >= 0.6 is 0 Å². The van der Waals surface area contributed by atoms with Gasteiger partial charge in [-0.05, 0) is 44.4 Å². The Morgan fingerprint density at radius 2 is 1.89 bits per heavy atom. The molecule has 3 nitrogen and oxygen atoms in total. The van der Waals surface area contributed by atoms with E-state index in [9.17, 15) is 4.79 Å². The van der Waals surface area contributed by atoms with E-state index in [-0.39, 0.29) is 17.5 Å². The number of carbonyl (C=O) groups is 1. The maximum atomic E-state index is 12.1. The van der Waals surface area contributed by atoms with E-state index < -0.39 is 0 Å². The number of ether oxygens (including phenoxy) is 1. The van der Waals surface area contributed by atoms with Crippen molar-refractivity contribution in [3.8, 4) is 0 Å². The predicted molar refractivity (Wildman–Crippen MR) is 76.0 cm³/mol. The topological polar surface area (TPSA) is 30.7 Å². The molecule has 2 fully saturated rings. The minimum absolute atomic E-state index is 0.00623. The highest BCUT2D eigenvalue weighted by Crippen LogP contribution is 2.66. The molecule has 0 aromatic rings. The Hall–Kier alpha value is -0.570. The first-order chi connectivity index (χ1) is 8.85. The highest BCUT2D eigenvalue weighted by atomic mass is 16.5. The van der Waals surface area contributed by atoms with Crippen molar-refractivity contribution in [3.63, 3.8) is 0 Å². The summed E-state index contributed by atoms with van der Waals surface area (Å²) in [5.74, 6) is 0.726. The van der Waals surface area contributed by atoms with Gasteiger partial charge < -0.3 is 9.64 Å². The standard InChI is InChI=1S/C16H29NO2/c1-6-17(7-2)11-14(18)19-13-10-12-8-9-16(13,5)15(12,3)4/h12-13H,6-11H2,1-5H3/p+1/t12-,13-,16-/m1/s1. The smallest absolute Gasteiger partial charge is 0.362 e. The molecule has 2 rings (SSSR count). The quantitative estimate of drug-likeness (QED) is 0.769. The molecule has 3 atom stereocenters. The van der Waals surface area contributed by atoms with Crippen molar-refractivity contribution in [2.45, 2.75) is 60.0 Å². The Balaban J connectivity index is 1.96. The Bertz CT molecular complexity index is 349. The van der Waals surface area contributed by atoms with Gasteiger partial charge >= 0.3 is 5.97 Å². The van der Waals surface area contributed by atoms with E-state index >= 15 is 0 Å². The highest BCUT2D eigenvalue weighted by Gasteiger charge is 2.62. The molecular weight excluding hydrogens is 238 g/mol. The van der Waals surface area contributed by atoms with Crippen LogP contribution in [0, 0.1) is 16.7 Å². The minimum Gasteiger partial charge on any atom is -0.458 e. The summed E-state index contributed by atoms with van der Waals surface area (Å²) in [6, 6.07) is 0. The summed E-state index contributed by atoms with van der Waals surface area (Å²) in [5, 5.41) is 0. The maximum Gasteiger partial charge on any atom is 0.362 e. The van der Waals surface area contributed by atoms with Crippen LogP contribution in [0.2, 0.25) is 0 Å². The fourth-order valence-corrected chi connectivity index (χ4v) is 4.21. The molecule has 110 valence electrons. The Labute approximate surface area is 117 Å². The Kier molecular flexibility index (Phi) is 3.97. The number of hydrogen-bond donors (Lipinski definition) is 1. The fourth-order valence-electron chi connectivity index (χ4n) is 4.21. The molecule has 19 heavy (non-hydrogen) atoms. The van der Waals surface area contributed by atoms with Crippen molar-refractivity contribution in [1.82, 2.24) is 0 Å². The van der Waals surface area contributed by atoms with Crippen LogP contribution in [0.25, 0.3) is 0 Å². The van der Waals surface area contributed by atoms with Gasteiger partial charge in [0.25, 0.3) is 0 Å². The number of carbonyl (C=O) groups excluding carboxylic acids is 1. The normalized spacial score (nSPS) is 35.9. The average Bonchev–Trinajstić information content (AvgIpc) is 2.69. The minimum atomic E-state index is -0.00623. The second kappa shape index (κ2) is 5.08. The van der Waals surface area contributed by atoms with Crippen molar-refractivity contribution in [2.24, 2.45) is 16.7 Å². The third-order valence-electron chi connectivity index (χ3n) is 6.38. The van der Waals surface area contributed by atoms with E-state index in [1.807, 2.05) is 0 Å². The number of quaternary nitrogens is 1. The number of fused-ring (bicyclic) bond motifs is 2. The van der Waals surface area contributed by atoms with Crippen LogP contribution in [0.4, 0.5) is 0 Å². The van der Waals surface area contributed by atoms with E-state index in [2.05, 4.69) is 34.6 Å². The molecule has 3 heteroatoms. The van der Waals surface area contributed by atoms with Gasteiger partial charge in [0.2, 0.25) is 0 Å². The third kappa shape index (κ3) is 2.31. The van der Waals surface area contributed by atoms with Gasteiger partial charge in [0.1, 0.15) is 6.10 Å². The molecule has 0 unspecified atom stereocenters. The van der Waals surface area contributed by atoms with E-state index in [4.69, 9.17) is 4.74 Å². The first-order valence-electron chi connectivity index (χ1n) is 7.88. The van der Waals surface area contributed by atoms with Gasteiger partial charge in [-0.1, -0.05) is 20.8 Å². The number of likely N-dealkylation sites (N-methyl/N-ethyl adjacent to an activating group) is 1. The van der Waals surface area contributed by atoms with Crippen LogP contribution in [-0.4, -0.2) is 31.7 Å². The summed E-state index contributed by atoms with van der Waals surface area (Å²) in [7, 11) is 0. The molecule has 0 aromatic carbocycles. The summed E-state index contributed by atoms with van der Waals surface area (Å²) in [6.07, 6.45) is 3.73. The van der Waals surface area contributed by atoms with Crippen LogP contribution in [0.1, 0.15) is 53.9 Å². The molecular formula is C16H30NO2+. The highest BCUT2D eigenvalue weighted by molar-refractivity contribution is 5.70. The van der Waals surface area contributed by atoms with Crippen molar-refractivity contribution in [2.75, 3.05) is 19.6 Å². The maximum absolute atomic E-state index is 12.1. The molecule has 0 saturated heterocycles. The third-order valence-corrected chi connectivity index (χ3v) is 6.38. The summed E-state index contributed by atoms with van der Waals surface area (Å²) in [6.45, 7) is 13.8. The lowest BCUT2D eigenvalue weighted by molar-refractivity contribution is -0.888. The molecule has 2 aliphatic carbocycles. The monoisotopic (exact) mass is 268 g/mol. The van der Waals surface area contributed by atoms with Crippen LogP contribution in [0.5, 0.6) is 0 Å². The molecule has 0 amide bonds. The van der Waals surface area contributed by atoms with Crippen LogP contribution < -0.4 is 4.90 Å². The van der Waals surface area contributed by atoms with Crippen molar-refractivity contribution in [3.05, 3.63) is 0 Å². The second-order valence-corrected chi connectivity index (χ2v) is 7.22. The molecule has 0 radical (unpaired) electrons. The first-order valence-corrected chi connectivity index (χ1v) is 7.88. The number of hydrogen-bond acceptors (Lipinski definition) is 2. The van der Waals surface area contributed by atoms with Gasteiger partial charge in [-0.15, -0.1) is 0 Å². The summed E-state index contributed by atoms with van der Waals surface area (Å²) in [4.78, 5) is 13.4. The van der Waals surface area contributed by atoms with Gasteiger partial charge in [0.05, 0.1) is 13.1 Å². The van der Waals surface area contributed by atoms with Crippen LogP contribution in [-0.2, 0) is 9.53 Å². The average molecular weight is 268 g/mol. The van der Waals surface area contributed by atoms with Crippen molar-refractivity contribution in [1.29, 1.82) is 0 Å². The largest absolute Gasteiger partial charge is 0.458 e. The summed E-state index contributed by atoms with van der Waals surface area (Å²) in [5.41, 5.74) is 0.506. The summed E-state index contributed by atoms with van der Waals surface area (Å²) < 4.78 is 5.86. The summed E-state index contributed by atoms with van der Waals surface area (Å²) >= 11 is 0. The van der Waals surface area contributed by atoms with Gasteiger partial charge in [0.15, 0.2) is 6.54 Å². The van der Waals surface area contributed by atoms with E-state index in [1.165, 1.54) is 17.7 Å². The number of nitrogens with one attached hydrogen (secondary N) is 1. The van der Waals surface area contributed by atoms with Gasteiger partial charge in [-0.25, -0.2) is 4.79 Å². The molecule has 2 aliphatic rings. The van der Waals surface area contributed by atoms with Gasteiger partial charge in [-0.3, -0.25) is 0 Å².